The third-order valence-electron chi connectivity index (χ3n) is 5.61. The molecule has 0 saturated carbocycles. The molecular formula is C22H31NO9. The van der Waals surface area contributed by atoms with Gasteiger partial charge in [-0.05, 0) is 31.5 Å². The molecule has 1 saturated heterocycles. The maximum atomic E-state index is 11.5. The van der Waals surface area contributed by atoms with E-state index in [9.17, 15) is 14.7 Å². The van der Waals surface area contributed by atoms with Crippen LogP contribution in [0.25, 0.3) is 0 Å². The van der Waals surface area contributed by atoms with Crippen molar-refractivity contribution < 1.29 is 43.9 Å². The summed E-state index contributed by atoms with van der Waals surface area (Å²) >= 11 is 0. The Balaban J connectivity index is 1.37. The van der Waals surface area contributed by atoms with Crippen molar-refractivity contribution in [2.24, 2.45) is 5.41 Å². The highest BCUT2D eigenvalue weighted by atomic mass is 16.6. The van der Waals surface area contributed by atoms with Crippen LogP contribution >= 0.6 is 0 Å². The zero-order valence-corrected chi connectivity index (χ0v) is 18.1. The van der Waals surface area contributed by atoms with Crippen LogP contribution < -0.4 is 9.47 Å². The summed E-state index contributed by atoms with van der Waals surface area (Å²) < 4.78 is 22.3. The molecule has 3 N–H and O–H groups in total. The summed E-state index contributed by atoms with van der Waals surface area (Å²) in [7, 11) is 0. The van der Waals surface area contributed by atoms with Crippen molar-refractivity contribution in [2.45, 2.75) is 38.1 Å². The molecule has 0 amide bonds. The van der Waals surface area contributed by atoms with E-state index in [2.05, 4.69) is 11.8 Å². The highest BCUT2D eigenvalue weighted by Gasteiger charge is 2.34. The summed E-state index contributed by atoms with van der Waals surface area (Å²) in [5, 5.41) is 27.2. The molecule has 0 bridgehead atoms. The van der Waals surface area contributed by atoms with Gasteiger partial charge in [0.1, 0.15) is 19.3 Å². The zero-order valence-electron chi connectivity index (χ0n) is 18.1. The molecule has 1 aromatic carbocycles. The summed E-state index contributed by atoms with van der Waals surface area (Å²) in [4.78, 5) is 24.5. The second-order valence-electron chi connectivity index (χ2n) is 8.59. The predicted octanol–water partition coefficient (Wildman–Crippen LogP) is 0.295. The van der Waals surface area contributed by atoms with Gasteiger partial charge in [0.15, 0.2) is 23.7 Å². The number of fused-ring (bicyclic) bond motifs is 1. The first-order chi connectivity index (χ1) is 15.3. The zero-order chi connectivity index (χ0) is 23.1. The lowest BCUT2D eigenvalue weighted by molar-refractivity contribution is -0.170. The van der Waals surface area contributed by atoms with Crippen molar-refractivity contribution in [3.63, 3.8) is 0 Å². The fourth-order valence-corrected chi connectivity index (χ4v) is 4.01. The molecule has 178 valence electrons. The Bertz CT molecular complexity index is 788. The van der Waals surface area contributed by atoms with Crippen molar-refractivity contribution in [3.05, 3.63) is 24.3 Å². The lowest BCUT2D eigenvalue weighted by Gasteiger charge is -2.41. The quantitative estimate of drug-likeness (QED) is 0.335. The summed E-state index contributed by atoms with van der Waals surface area (Å²) in [6, 6.07) is 7.64. The van der Waals surface area contributed by atoms with Gasteiger partial charge >= 0.3 is 11.9 Å². The number of carboxylic acid groups (broad SMARTS) is 1. The molecule has 2 aliphatic rings. The van der Waals surface area contributed by atoms with Gasteiger partial charge < -0.3 is 34.3 Å². The van der Waals surface area contributed by atoms with Crippen LogP contribution in [0.3, 0.4) is 0 Å². The van der Waals surface area contributed by atoms with Crippen molar-refractivity contribution in [2.75, 3.05) is 46.1 Å². The number of carboxylic acids is 1. The van der Waals surface area contributed by atoms with Gasteiger partial charge in [0, 0.05) is 18.5 Å². The van der Waals surface area contributed by atoms with E-state index in [0.29, 0.717) is 13.2 Å². The number of rotatable bonds is 10. The van der Waals surface area contributed by atoms with E-state index in [-0.39, 0.29) is 24.7 Å². The molecule has 32 heavy (non-hydrogen) atoms. The number of para-hydroxylation sites is 2. The molecular weight excluding hydrogens is 422 g/mol. The minimum Gasteiger partial charge on any atom is -0.486 e. The van der Waals surface area contributed by atoms with Gasteiger partial charge in [-0.3, -0.25) is 4.90 Å². The van der Waals surface area contributed by atoms with Gasteiger partial charge in [-0.2, -0.15) is 0 Å². The van der Waals surface area contributed by atoms with E-state index in [4.69, 9.17) is 29.2 Å². The van der Waals surface area contributed by atoms with Gasteiger partial charge in [0.2, 0.25) is 0 Å². The number of carbonyl (C=O) groups excluding carboxylic acids is 1. The smallest absolute Gasteiger partial charge is 0.338 e. The number of esters is 1. The highest BCUT2D eigenvalue weighted by Crippen LogP contribution is 2.33. The van der Waals surface area contributed by atoms with Crippen LogP contribution in [0, 0.1) is 5.41 Å². The van der Waals surface area contributed by atoms with Crippen molar-refractivity contribution >= 4 is 11.9 Å². The van der Waals surface area contributed by atoms with Gasteiger partial charge in [0.05, 0.1) is 13.2 Å². The fourth-order valence-electron chi connectivity index (χ4n) is 4.01. The molecule has 2 aliphatic heterocycles. The lowest BCUT2D eigenvalue weighted by Crippen LogP contribution is -2.49. The second kappa shape index (κ2) is 11.0. The molecule has 0 spiro atoms. The number of nitrogens with zero attached hydrogens (tertiary/aromatic N) is 1. The van der Waals surface area contributed by atoms with Crippen LogP contribution in [0.4, 0.5) is 0 Å². The van der Waals surface area contributed by atoms with Crippen LogP contribution in [-0.4, -0.2) is 96.5 Å². The summed E-state index contributed by atoms with van der Waals surface area (Å²) in [5.74, 6) is -1.36. The summed E-state index contributed by atoms with van der Waals surface area (Å²) in [6.07, 6.45) is -2.37. The fraction of sp³-hybridized carbons (Fsp3) is 0.636. The standard InChI is InChI=1S/C22H31NO9/c1-22(14-29-9-10-30-21(28)19(25)18(24)20(26)27)7-4-8-23(13-22)11-15-12-31-16-5-2-3-6-17(16)32-15/h2-3,5-6,15,18-19,24-25H,4,7-14H2,1H3,(H,26,27)/t15-,18-,19-,22-/m0/s1. The van der Waals surface area contributed by atoms with E-state index >= 15 is 0 Å². The molecule has 0 unspecified atom stereocenters. The Kier molecular flexibility index (Phi) is 8.30. The van der Waals surface area contributed by atoms with Crippen LogP contribution in [0.5, 0.6) is 11.5 Å². The van der Waals surface area contributed by atoms with Crippen molar-refractivity contribution in [1.82, 2.24) is 4.90 Å². The predicted molar refractivity (Wildman–Crippen MR) is 112 cm³/mol. The molecule has 0 radical (unpaired) electrons. The van der Waals surface area contributed by atoms with E-state index in [0.717, 1.165) is 44.0 Å². The van der Waals surface area contributed by atoms with Gasteiger partial charge in [-0.15, -0.1) is 0 Å². The molecule has 10 heteroatoms. The van der Waals surface area contributed by atoms with Crippen LogP contribution in [-0.2, 0) is 19.1 Å². The number of ether oxygens (including phenoxy) is 4. The first kappa shape index (κ1) is 24.2. The number of aliphatic hydroxyl groups excluding tert-OH is 2. The topological polar surface area (TPSA) is 135 Å². The summed E-state index contributed by atoms with van der Waals surface area (Å²) in [5.41, 5.74) is -0.0747. The SMILES string of the molecule is C[C@]1(COCCOC(=O)[C@@H](O)[C@H](O)C(=O)O)CCCN(C[C@H]2COc3ccccc3O2)C1. The Hall–Kier alpha value is -2.40. The first-order valence-electron chi connectivity index (χ1n) is 10.7. The minimum absolute atomic E-state index is 0.0415. The van der Waals surface area contributed by atoms with Crippen LogP contribution in [0.15, 0.2) is 24.3 Å². The molecule has 2 heterocycles. The van der Waals surface area contributed by atoms with Crippen LogP contribution in [0.2, 0.25) is 0 Å². The Morgan fingerprint density at radius 2 is 1.97 bits per heavy atom. The largest absolute Gasteiger partial charge is 0.486 e. The number of carbonyl (C=O) groups is 2. The van der Waals surface area contributed by atoms with Gasteiger partial charge in [-0.1, -0.05) is 19.1 Å². The number of piperidine rings is 1. The normalized spacial score (nSPS) is 25.0. The number of likely N-dealkylation sites (tertiary alicyclic amines) is 1. The monoisotopic (exact) mass is 453 g/mol. The third-order valence-corrected chi connectivity index (χ3v) is 5.61. The summed E-state index contributed by atoms with van der Waals surface area (Å²) in [6.45, 7) is 5.64. The van der Waals surface area contributed by atoms with Gasteiger partial charge in [-0.25, -0.2) is 9.59 Å². The number of aliphatic carboxylic acids is 1. The average molecular weight is 453 g/mol. The number of hydrogen-bond acceptors (Lipinski definition) is 9. The van der Waals surface area contributed by atoms with Crippen LogP contribution in [0.1, 0.15) is 19.8 Å². The maximum Gasteiger partial charge on any atom is 0.338 e. The molecule has 4 atom stereocenters. The van der Waals surface area contributed by atoms with Crippen molar-refractivity contribution in [1.29, 1.82) is 0 Å². The Labute approximate surface area is 186 Å². The molecule has 3 rings (SSSR count). The minimum atomic E-state index is -2.22. The van der Waals surface area contributed by atoms with E-state index in [1.54, 1.807) is 0 Å². The Morgan fingerprint density at radius 1 is 1.22 bits per heavy atom. The Morgan fingerprint density at radius 3 is 2.72 bits per heavy atom. The second-order valence-corrected chi connectivity index (χ2v) is 8.59. The lowest BCUT2D eigenvalue weighted by atomic mass is 9.82. The maximum absolute atomic E-state index is 11.5. The molecule has 1 aromatic rings. The number of benzene rings is 1. The van der Waals surface area contributed by atoms with Gasteiger partial charge in [0.25, 0.3) is 0 Å². The number of aliphatic hydroxyl groups is 2. The molecule has 1 fully saturated rings. The van der Waals surface area contributed by atoms with Crippen molar-refractivity contribution in [3.8, 4) is 11.5 Å². The number of hydrogen-bond donors (Lipinski definition) is 3. The van der Waals surface area contributed by atoms with E-state index < -0.39 is 24.1 Å². The highest BCUT2D eigenvalue weighted by molar-refractivity contribution is 5.84. The first-order valence-corrected chi connectivity index (χ1v) is 10.7. The molecule has 0 aromatic heterocycles. The molecule has 0 aliphatic carbocycles. The van der Waals surface area contributed by atoms with E-state index in [1.165, 1.54) is 0 Å². The molecule has 10 nitrogen and oxygen atoms in total. The van der Waals surface area contributed by atoms with E-state index in [1.807, 2.05) is 24.3 Å². The average Bonchev–Trinajstić information content (AvgIpc) is 2.77. The third kappa shape index (κ3) is 6.55.